The van der Waals surface area contributed by atoms with Crippen LogP contribution in [-0.4, -0.2) is 19.0 Å². The van der Waals surface area contributed by atoms with Crippen molar-refractivity contribution < 1.29 is 4.74 Å². The molecular weight excluding hydrogens is 349 g/mol. The molecule has 0 amide bonds. The van der Waals surface area contributed by atoms with Crippen LogP contribution in [0.2, 0.25) is 0 Å². The van der Waals surface area contributed by atoms with E-state index in [4.69, 9.17) is 4.74 Å². The second-order valence-corrected chi connectivity index (χ2v) is 8.58. The molecule has 0 saturated heterocycles. The Morgan fingerprint density at radius 2 is 1.56 bits per heavy atom. The normalized spacial score (nSPS) is 11.4. The molecule has 3 aromatic rings. The van der Waals surface area contributed by atoms with E-state index in [2.05, 4.69) is 93.5 Å². The maximum absolute atomic E-state index is 6.30. The lowest BCUT2D eigenvalue weighted by molar-refractivity contribution is 0.307. The second-order valence-electron chi connectivity index (χ2n) is 7.25. The van der Waals surface area contributed by atoms with E-state index in [-0.39, 0.29) is 0 Å². The Labute approximate surface area is 165 Å². The summed E-state index contributed by atoms with van der Waals surface area (Å²) in [4.78, 5) is 2.22. The number of nitrogens with zero attached hydrogens (tertiary/aromatic N) is 1. The molecule has 3 aromatic carbocycles. The molecule has 3 heteroatoms. The summed E-state index contributed by atoms with van der Waals surface area (Å²) in [5.41, 5.74) is 5.07. The van der Waals surface area contributed by atoms with Gasteiger partial charge in [-0.1, -0.05) is 69.2 Å². The summed E-state index contributed by atoms with van der Waals surface area (Å²) < 4.78 is 6.30. The van der Waals surface area contributed by atoms with Crippen molar-refractivity contribution in [2.45, 2.75) is 27.0 Å². The zero-order valence-corrected chi connectivity index (χ0v) is 17.6. The molecule has 2 nitrogen and oxygen atoms in total. The fourth-order valence-corrected chi connectivity index (χ4v) is 4.71. The number of ether oxygens (including phenoxy) is 1. The summed E-state index contributed by atoms with van der Waals surface area (Å²) >= 11 is 0. The highest BCUT2D eigenvalue weighted by molar-refractivity contribution is 7.55. The molecular formula is C24H28NOP. The fraction of sp³-hybridized carbons (Fsp3) is 0.250. The molecule has 27 heavy (non-hydrogen) atoms. The maximum Gasteiger partial charge on any atom is 0.130 e. The molecule has 0 aromatic heterocycles. The number of benzene rings is 3. The van der Waals surface area contributed by atoms with Crippen molar-refractivity contribution in [1.82, 2.24) is 4.90 Å². The number of aryl methyl sites for hydroxylation is 2. The first-order valence-electron chi connectivity index (χ1n) is 9.30. The first kappa shape index (κ1) is 19.6. The molecule has 0 aliphatic rings. The molecule has 0 spiro atoms. The molecule has 0 N–H and O–H groups in total. The van der Waals surface area contributed by atoms with Crippen LogP contribution in [0.3, 0.4) is 0 Å². The highest BCUT2D eigenvalue weighted by atomic mass is 31.1. The molecule has 1 atom stereocenters. The van der Waals surface area contributed by atoms with Gasteiger partial charge in [0.2, 0.25) is 0 Å². The lowest BCUT2D eigenvalue weighted by Gasteiger charge is -2.18. The third-order valence-electron chi connectivity index (χ3n) is 4.42. The van der Waals surface area contributed by atoms with E-state index < -0.39 is 0 Å². The van der Waals surface area contributed by atoms with Gasteiger partial charge in [0.25, 0.3) is 0 Å². The summed E-state index contributed by atoms with van der Waals surface area (Å²) in [7, 11) is 4.81. The zero-order valence-electron chi connectivity index (χ0n) is 16.6. The summed E-state index contributed by atoms with van der Waals surface area (Å²) in [5.74, 6) is 1.03. The average Bonchev–Trinajstić information content (AvgIpc) is 2.63. The van der Waals surface area contributed by atoms with Crippen molar-refractivity contribution in [3.63, 3.8) is 0 Å². The molecule has 0 saturated carbocycles. The fourth-order valence-electron chi connectivity index (χ4n) is 3.23. The molecule has 0 aliphatic carbocycles. The predicted molar refractivity (Wildman–Crippen MR) is 118 cm³/mol. The van der Waals surface area contributed by atoms with Gasteiger partial charge in [0.15, 0.2) is 0 Å². The Morgan fingerprint density at radius 3 is 2.30 bits per heavy atom. The molecule has 0 fully saturated rings. The molecule has 0 radical (unpaired) electrons. The number of hydrogen-bond acceptors (Lipinski definition) is 2. The highest BCUT2D eigenvalue weighted by Crippen LogP contribution is 2.26. The minimum atomic E-state index is 0.583. The van der Waals surface area contributed by atoms with Crippen LogP contribution in [0.1, 0.15) is 22.3 Å². The smallest absolute Gasteiger partial charge is 0.130 e. The zero-order chi connectivity index (χ0) is 19.2. The average molecular weight is 377 g/mol. The van der Waals surface area contributed by atoms with Crippen LogP contribution >= 0.6 is 8.58 Å². The van der Waals surface area contributed by atoms with Gasteiger partial charge >= 0.3 is 0 Å². The standard InChI is InChI=1S/C24H28NOP/c1-18-14-19(2)24(26-17-20-10-6-5-7-11-20)23(15-18)27-22-13-9-8-12-21(22)16-25(3)4/h5-15,27H,16-17H2,1-4H3. The van der Waals surface area contributed by atoms with Crippen LogP contribution in [0.15, 0.2) is 66.7 Å². The molecule has 0 bridgehead atoms. The van der Waals surface area contributed by atoms with Crippen molar-refractivity contribution in [3.05, 3.63) is 89.0 Å². The summed E-state index contributed by atoms with van der Waals surface area (Å²) in [6, 6.07) is 23.6. The SMILES string of the molecule is Cc1cc(C)c(OCc2ccccc2)c(Pc2ccccc2CN(C)C)c1. The Balaban J connectivity index is 1.89. The molecule has 1 unspecified atom stereocenters. The summed E-state index contributed by atoms with van der Waals surface area (Å²) in [6.45, 7) is 5.86. The minimum absolute atomic E-state index is 0.583. The topological polar surface area (TPSA) is 12.5 Å². The first-order valence-corrected chi connectivity index (χ1v) is 10.3. The van der Waals surface area contributed by atoms with Gasteiger partial charge in [0.1, 0.15) is 12.4 Å². The van der Waals surface area contributed by atoms with Crippen LogP contribution < -0.4 is 15.3 Å². The third-order valence-corrected chi connectivity index (χ3v) is 5.82. The van der Waals surface area contributed by atoms with E-state index in [0.29, 0.717) is 15.2 Å². The van der Waals surface area contributed by atoms with Gasteiger partial charge in [0.05, 0.1) is 0 Å². The Bertz CT molecular complexity index is 890. The van der Waals surface area contributed by atoms with Gasteiger partial charge in [-0.3, -0.25) is 0 Å². The van der Waals surface area contributed by atoms with Crippen molar-refractivity contribution in [3.8, 4) is 5.75 Å². The lowest BCUT2D eigenvalue weighted by Crippen LogP contribution is -2.18. The van der Waals surface area contributed by atoms with Crippen molar-refractivity contribution in [1.29, 1.82) is 0 Å². The van der Waals surface area contributed by atoms with Crippen molar-refractivity contribution in [2.24, 2.45) is 0 Å². The van der Waals surface area contributed by atoms with Gasteiger partial charge in [-0.2, -0.15) is 0 Å². The molecule has 140 valence electrons. The maximum atomic E-state index is 6.30. The van der Waals surface area contributed by atoms with Crippen LogP contribution in [0, 0.1) is 13.8 Å². The summed E-state index contributed by atoms with van der Waals surface area (Å²) in [6.07, 6.45) is 0. The molecule has 0 heterocycles. The highest BCUT2D eigenvalue weighted by Gasteiger charge is 2.12. The number of rotatable bonds is 7. The van der Waals surface area contributed by atoms with E-state index >= 15 is 0 Å². The Kier molecular flexibility index (Phi) is 6.66. The van der Waals surface area contributed by atoms with E-state index in [1.54, 1.807) is 0 Å². The summed E-state index contributed by atoms with van der Waals surface area (Å²) in [5, 5.41) is 2.68. The van der Waals surface area contributed by atoms with Crippen LogP contribution in [0.25, 0.3) is 0 Å². The van der Waals surface area contributed by atoms with Crippen molar-refractivity contribution in [2.75, 3.05) is 14.1 Å². The van der Waals surface area contributed by atoms with E-state index in [1.807, 2.05) is 6.07 Å². The van der Waals surface area contributed by atoms with Crippen LogP contribution in [-0.2, 0) is 13.2 Å². The van der Waals surface area contributed by atoms with E-state index in [0.717, 1.165) is 12.3 Å². The van der Waals surface area contributed by atoms with E-state index in [1.165, 1.54) is 32.9 Å². The van der Waals surface area contributed by atoms with Crippen molar-refractivity contribution >= 4 is 19.2 Å². The first-order chi connectivity index (χ1) is 13.0. The minimum Gasteiger partial charge on any atom is -0.488 e. The van der Waals surface area contributed by atoms with Gasteiger partial charge in [-0.15, -0.1) is 0 Å². The van der Waals surface area contributed by atoms with Gasteiger partial charge in [0, 0.05) is 11.8 Å². The van der Waals surface area contributed by atoms with Gasteiger partial charge in [-0.25, -0.2) is 0 Å². The van der Waals surface area contributed by atoms with Gasteiger partial charge in [-0.05, 0) is 61.6 Å². The molecule has 3 rings (SSSR count). The quantitative estimate of drug-likeness (QED) is 0.559. The lowest BCUT2D eigenvalue weighted by atomic mass is 10.1. The Hall–Kier alpha value is -2.15. The third kappa shape index (κ3) is 5.42. The molecule has 0 aliphatic heterocycles. The van der Waals surface area contributed by atoms with E-state index in [9.17, 15) is 0 Å². The Morgan fingerprint density at radius 1 is 0.852 bits per heavy atom. The van der Waals surface area contributed by atoms with Gasteiger partial charge < -0.3 is 9.64 Å². The largest absolute Gasteiger partial charge is 0.488 e. The van der Waals surface area contributed by atoms with Crippen LogP contribution in [0.5, 0.6) is 5.75 Å². The monoisotopic (exact) mass is 377 g/mol. The predicted octanol–water partition coefficient (Wildman–Crippen LogP) is 4.57. The second kappa shape index (κ2) is 9.17. The van der Waals surface area contributed by atoms with Crippen LogP contribution in [0.4, 0.5) is 0 Å². The number of hydrogen-bond donors (Lipinski definition) is 0.